The Hall–Kier alpha value is -9.45. The topological polar surface area (TPSA) is 52.2 Å². The molecule has 0 saturated carbocycles. The first-order chi connectivity index (χ1) is 35.6. The number of rotatable bonds is 9. The largest absolute Gasteiger partial charge is 0.497 e. The number of amidine groups is 1. The number of aromatic nitrogens is 1. The van der Waals surface area contributed by atoms with Gasteiger partial charge < -0.3 is 14.6 Å². The molecule has 1 atom stereocenters. The first-order valence-corrected chi connectivity index (χ1v) is 24.5. The first-order valence-electron chi connectivity index (χ1n) is 24.5. The van der Waals surface area contributed by atoms with E-state index in [1.54, 1.807) is 7.11 Å². The van der Waals surface area contributed by atoms with E-state index in [9.17, 15) is 0 Å². The molecule has 13 rings (SSSR count). The summed E-state index contributed by atoms with van der Waals surface area (Å²) in [5.41, 5.74) is 19.2. The van der Waals surface area contributed by atoms with Crippen LogP contribution in [0.5, 0.6) is 5.75 Å². The molecule has 0 bridgehead atoms. The third kappa shape index (κ3) is 7.83. The van der Waals surface area contributed by atoms with Crippen LogP contribution in [0.2, 0.25) is 0 Å². The van der Waals surface area contributed by atoms with Crippen LogP contribution in [0, 0.1) is 0 Å². The van der Waals surface area contributed by atoms with Crippen LogP contribution < -0.4 is 20.4 Å². The summed E-state index contributed by atoms with van der Waals surface area (Å²) in [4.78, 5) is 3.92. The molecule has 0 fully saturated rings. The van der Waals surface area contributed by atoms with E-state index in [-0.39, 0.29) is 6.17 Å². The van der Waals surface area contributed by atoms with Gasteiger partial charge in [0.05, 0.1) is 29.4 Å². The molecule has 2 heterocycles. The van der Waals surface area contributed by atoms with Crippen molar-refractivity contribution in [3.8, 4) is 67.1 Å². The van der Waals surface area contributed by atoms with Gasteiger partial charge in [0.15, 0.2) is 6.17 Å². The summed E-state index contributed by atoms with van der Waals surface area (Å²) in [5.74, 6) is 1.76. The molecule has 72 heavy (non-hydrogen) atoms. The molecular weight excluding hydrogens is 877 g/mol. The Morgan fingerprint density at radius 1 is 0.417 bits per heavy atom. The lowest BCUT2D eigenvalue weighted by Gasteiger charge is -2.25. The molecule has 0 amide bonds. The Kier molecular flexibility index (Phi) is 10.7. The quantitative estimate of drug-likeness (QED) is 0.135. The van der Waals surface area contributed by atoms with E-state index in [0.29, 0.717) is 0 Å². The van der Waals surface area contributed by atoms with Crippen molar-refractivity contribution >= 4 is 49.8 Å². The fourth-order valence-electron chi connectivity index (χ4n) is 10.6. The van der Waals surface area contributed by atoms with E-state index in [1.165, 1.54) is 49.3 Å². The lowest BCUT2D eigenvalue weighted by Crippen LogP contribution is -2.80. The van der Waals surface area contributed by atoms with Crippen molar-refractivity contribution in [2.45, 2.75) is 6.17 Å². The highest BCUT2D eigenvalue weighted by molar-refractivity contribution is 6.16. The number of hydrogen-bond acceptors (Lipinski definition) is 3. The van der Waals surface area contributed by atoms with Crippen LogP contribution in [-0.4, -0.2) is 17.5 Å². The van der Waals surface area contributed by atoms with E-state index in [4.69, 9.17) is 4.74 Å². The van der Waals surface area contributed by atoms with Crippen LogP contribution in [-0.2, 0) is 0 Å². The van der Waals surface area contributed by atoms with Gasteiger partial charge in [-0.1, -0.05) is 182 Å². The smallest absolute Gasteiger partial charge is 0.284 e. The average Bonchev–Trinajstić information content (AvgIpc) is 3.79. The molecule has 0 aliphatic carbocycles. The Morgan fingerprint density at radius 2 is 0.958 bits per heavy atom. The normalized spacial score (nSPS) is 13.1. The van der Waals surface area contributed by atoms with Crippen molar-refractivity contribution < 1.29 is 9.73 Å². The summed E-state index contributed by atoms with van der Waals surface area (Å²) >= 11 is 0. The number of para-hydroxylation sites is 1. The summed E-state index contributed by atoms with van der Waals surface area (Å²) in [5, 5.41) is 12.7. The maximum Gasteiger partial charge on any atom is 0.284 e. The lowest BCUT2D eigenvalue weighted by molar-refractivity contribution is -0.502. The number of anilines is 2. The van der Waals surface area contributed by atoms with E-state index in [2.05, 4.69) is 263 Å². The maximum absolute atomic E-state index is 5.55. The van der Waals surface area contributed by atoms with E-state index in [0.717, 1.165) is 78.7 Å². The Labute approximate surface area is 419 Å². The van der Waals surface area contributed by atoms with Crippen molar-refractivity contribution in [3.63, 3.8) is 0 Å². The van der Waals surface area contributed by atoms with Crippen LogP contribution in [0.25, 0.3) is 93.9 Å². The first kappa shape index (κ1) is 42.6. The average molecular weight is 926 g/mol. The molecular formula is C67H49N4O+. The fraction of sp³-hybridized carbons (Fsp3) is 0.0299. The molecule has 5 nitrogen and oxygen atoms in total. The van der Waals surface area contributed by atoms with Gasteiger partial charge in [0.2, 0.25) is 0 Å². The second kappa shape index (κ2) is 18.1. The maximum atomic E-state index is 5.55. The number of hydrogen-bond donors (Lipinski definition) is 3. The molecule has 5 heteroatoms. The zero-order chi connectivity index (χ0) is 48.0. The zero-order valence-corrected chi connectivity index (χ0v) is 39.7. The standard InChI is InChI=1S/C67H48N4O/c1-72-56-25-14-21-50(40-56)46-27-29-48(30-28-46)66-69-65-57-26-12-11-19-47(57)31-35-58(65)67(70-66)68-62-36-32-52(41-59(62)54-22-13-20-49(39-54)44-15-5-2-6-16-44)53-34-38-64-61(43-53)60-42-51(45-17-7-3-8-18-45)33-37-63(60)71(64)55-23-9-4-10-24-55/h2-43,66,69H,1H3,(H,68,70)/p+1. The molecule has 342 valence electrons. The third-order valence-corrected chi connectivity index (χ3v) is 14.2. The second-order valence-corrected chi connectivity index (χ2v) is 18.5. The monoisotopic (exact) mass is 925 g/mol. The number of methoxy groups -OCH3 is 1. The van der Waals surface area contributed by atoms with Gasteiger partial charge in [0.1, 0.15) is 11.4 Å². The minimum Gasteiger partial charge on any atom is -0.497 e. The van der Waals surface area contributed by atoms with Crippen LogP contribution in [0.3, 0.4) is 0 Å². The summed E-state index contributed by atoms with van der Waals surface area (Å²) in [7, 11) is 1.71. The van der Waals surface area contributed by atoms with Crippen molar-refractivity contribution in [3.05, 3.63) is 266 Å². The number of nitrogens with zero attached hydrogens (tertiary/aromatic N) is 1. The fourth-order valence-corrected chi connectivity index (χ4v) is 10.6. The van der Waals surface area contributed by atoms with Gasteiger partial charge in [-0.2, -0.15) is 0 Å². The van der Waals surface area contributed by atoms with Crippen LogP contribution in [0.1, 0.15) is 17.3 Å². The van der Waals surface area contributed by atoms with Gasteiger partial charge in [-0.15, -0.1) is 0 Å². The highest BCUT2D eigenvalue weighted by Gasteiger charge is 2.29. The minimum atomic E-state index is -0.221. The van der Waals surface area contributed by atoms with E-state index in [1.807, 2.05) is 12.1 Å². The van der Waals surface area contributed by atoms with Crippen molar-refractivity contribution in [2.75, 3.05) is 17.7 Å². The molecule has 0 radical (unpaired) electrons. The molecule has 1 aliphatic heterocycles. The molecule has 12 aromatic rings. The Morgan fingerprint density at radius 3 is 1.67 bits per heavy atom. The van der Waals surface area contributed by atoms with E-state index >= 15 is 0 Å². The molecule has 11 aromatic carbocycles. The molecule has 0 spiro atoms. The van der Waals surface area contributed by atoms with Crippen molar-refractivity contribution in [2.24, 2.45) is 0 Å². The lowest BCUT2D eigenvalue weighted by atomic mass is 9.94. The van der Waals surface area contributed by atoms with Crippen LogP contribution >= 0.6 is 0 Å². The molecule has 1 aromatic heterocycles. The van der Waals surface area contributed by atoms with Crippen molar-refractivity contribution in [1.29, 1.82) is 0 Å². The zero-order valence-electron chi connectivity index (χ0n) is 39.7. The third-order valence-electron chi connectivity index (χ3n) is 14.2. The van der Waals surface area contributed by atoms with Crippen LogP contribution in [0.15, 0.2) is 255 Å². The summed E-state index contributed by atoms with van der Waals surface area (Å²) in [6.45, 7) is 0. The second-order valence-electron chi connectivity index (χ2n) is 18.5. The minimum absolute atomic E-state index is 0.221. The molecule has 1 aliphatic rings. The van der Waals surface area contributed by atoms with Gasteiger partial charge >= 0.3 is 0 Å². The molecule has 1 unspecified atom stereocenters. The van der Waals surface area contributed by atoms with Crippen LogP contribution in [0.4, 0.5) is 11.4 Å². The summed E-state index contributed by atoms with van der Waals surface area (Å²) < 4.78 is 7.94. The SMILES string of the molecule is COc1cccc(-c2ccc(C3Nc4c(ccc5ccccc45)C(Nc4ccc(-c5ccc6c(c5)c5cc(-c7ccccc7)ccc5n6-c5ccccc5)cc4-c4cccc(-c5ccccc5)c4)=[NH+]3)cc2)c1. The number of benzene rings is 11. The predicted molar refractivity (Wildman–Crippen MR) is 300 cm³/mol. The van der Waals surface area contributed by atoms with Gasteiger partial charge in [0.25, 0.3) is 5.84 Å². The molecule has 0 saturated heterocycles. The number of ether oxygens (including phenoxy) is 1. The van der Waals surface area contributed by atoms with Crippen molar-refractivity contribution in [1.82, 2.24) is 4.57 Å². The van der Waals surface area contributed by atoms with Gasteiger partial charge in [-0.05, 0) is 128 Å². The van der Waals surface area contributed by atoms with Gasteiger partial charge in [-0.25, -0.2) is 10.3 Å². The number of nitrogens with one attached hydrogen (secondary N) is 3. The predicted octanol–water partition coefficient (Wildman–Crippen LogP) is 15.3. The highest BCUT2D eigenvalue weighted by atomic mass is 16.5. The highest BCUT2D eigenvalue weighted by Crippen LogP contribution is 2.41. The Balaban J connectivity index is 0.954. The van der Waals surface area contributed by atoms with Gasteiger partial charge in [-0.3, -0.25) is 0 Å². The van der Waals surface area contributed by atoms with Gasteiger partial charge in [0, 0.05) is 33.0 Å². The summed E-state index contributed by atoms with van der Waals surface area (Å²) in [6, 6.07) is 91.7. The van der Waals surface area contributed by atoms with E-state index < -0.39 is 0 Å². The Bertz CT molecular complexity index is 4010. The summed E-state index contributed by atoms with van der Waals surface area (Å²) in [6.07, 6.45) is -0.221. The number of fused-ring (bicyclic) bond motifs is 6. The molecule has 3 N–H and O–H groups in total.